The molecule has 1 rings (SSSR count). The zero-order chi connectivity index (χ0) is 19.0. The Kier molecular flexibility index (Phi) is 7.66. The van der Waals surface area contributed by atoms with E-state index in [1.807, 2.05) is 6.92 Å². The smallest absolute Gasteiger partial charge is 0.355 e. The number of carbonyl (C=O) groups excluding carboxylic acids is 2. The predicted octanol–water partition coefficient (Wildman–Crippen LogP) is 1.63. The zero-order valence-corrected chi connectivity index (χ0v) is 14.2. The van der Waals surface area contributed by atoms with E-state index in [0.29, 0.717) is 29.8 Å². The normalized spacial score (nSPS) is 11.2. The molecule has 0 saturated carbocycles. The molecule has 0 radical (unpaired) electrons. The molecule has 140 valence electrons. The van der Waals surface area contributed by atoms with Crippen LogP contribution in [0.3, 0.4) is 0 Å². The van der Waals surface area contributed by atoms with E-state index in [4.69, 9.17) is 0 Å². The number of pyridine rings is 1. The van der Waals surface area contributed by atoms with Crippen molar-refractivity contribution in [1.29, 1.82) is 0 Å². The highest BCUT2D eigenvalue weighted by Crippen LogP contribution is 2.27. The van der Waals surface area contributed by atoms with Crippen molar-refractivity contribution in [2.75, 3.05) is 19.6 Å². The third-order valence-corrected chi connectivity index (χ3v) is 3.37. The summed E-state index contributed by atoms with van der Waals surface area (Å²) in [4.78, 5) is 37.1. The van der Waals surface area contributed by atoms with Gasteiger partial charge in [0, 0.05) is 25.4 Å². The molecule has 25 heavy (non-hydrogen) atoms. The highest BCUT2D eigenvalue weighted by atomic mass is 19.4. The number of amides is 2. The maximum absolute atomic E-state index is 12.7. The average Bonchev–Trinajstić information content (AvgIpc) is 2.53. The summed E-state index contributed by atoms with van der Waals surface area (Å²) in [6.45, 7) is 3.69. The fourth-order valence-corrected chi connectivity index (χ4v) is 2.12. The fraction of sp³-hybridized carbons (Fsp3) is 0.562. The van der Waals surface area contributed by atoms with Crippen LogP contribution in [0.4, 0.5) is 13.2 Å². The molecule has 6 nitrogen and oxygen atoms in total. The summed E-state index contributed by atoms with van der Waals surface area (Å²) in [5, 5.41) is 2.63. The number of halogens is 3. The second-order valence-electron chi connectivity index (χ2n) is 5.55. The van der Waals surface area contributed by atoms with Crippen LogP contribution in [0.1, 0.15) is 32.3 Å². The largest absolute Gasteiger partial charge is 0.417 e. The Morgan fingerprint density at radius 3 is 2.44 bits per heavy atom. The van der Waals surface area contributed by atoms with Gasteiger partial charge in [-0.15, -0.1) is 0 Å². The van der Waals surface area contributed by atoms with Crippen molar-refractivity contribution >= 4 is 11.8 Å². The Bertz CT molecular complexity index is 656. The molecule has 0 aromatic carbocycles. The number of aromatic nitrogens is 1. The van der Waals surface area contributed by atoms with Crippen molar-refractivity contribution in [2.24, 2.45) is 0 Å². The lowest BCUT2D eigenvalue weighted by molar-refractivity contribution is -0.139. The molecule has 9 heteroatoms. The van der Waals surface area contributed by atoms with Gasteiger partial charge in [0.1, 0.15) is 6.54 Å². The lowest BCUT2D eigenvalue weighted by atomic mass is 10.2. The van der Waals surface area contributed by atoms with Crippen LogP contribution in [-0.2, 0) is 22.3 Å². The van der Waals surface area contributed by atoms with Crippen molar-refractivity contribution in [3.63, 3.8) is 0 Å². The van der Waals surface area contributed by atoms with Crippen LogP contribution in [0.15, 0.2) is 23.1 Å². The van der Waals surface area contributed by atoms with E-state index >= 15 is 0 Å². The van der Waals surface area contributed by atoms with Gasteiger partial charge in [0.15, 0.2) is 0 Å². The lowest BCUT2D eigenvalue weighted by Crippen LogP contribution is -2.43. The summed E-state index contributed by atoms with van der Waals surface area (Å²) in [5.41, 5.74) is -1.73. The van der Waals surface area contributed by atoms with Crippen LogP contribution < -0.4 is 10.9 Å². The maximum Gasteiger partial charge on any atom is 0.417 e. The zero-order valence-electron chi connectivity index (χ0n) is 14.2. The van der Waals surface area contributed by atoms with Gasteiger partial charge in [-0.3, -0.25) is 14.4 Å². The molecule has 0 aliphatic heterocycles. The molecule has 1 aromatic rings. The minimum atomic E-state index is -4.61. The van der Waals surface area contributed by atoms with E-state index < -0.39 is 29.8 Å². The Hall–Kier alpha value is -2.32. The number of rotatable bonds is 8. The first-order chi connectivity index (χ1) is 11.7. The molecular weight excluding hydrogens is 339 g/mol. The molecule has 2 amide bonds. The van der Waals surface area contributed by atoms with E-state index in [1.165, 1.54) is 4.90 Å². The maximum atomic E-state index is 12.7. The fourth-order valence-electron chi connectivity index (χ4n) is 2.12. The third-order valence-electron chi connectivity index (χ3n) is 3.37. The molecule has 0 unspecified atom stereocenters. The monoisotopic (exact) mass is 361 g/mol. The second-order valence-corrected chi connectivity index (χ2v) is 5.55. The minimum absolute atomic E-state index is 0.194. The van der Waals surface area contributed by atoms with Crippen molar-refractivity contribution in [3.05, 3.63) is 34.2 Å². The number of hydrogen-bond donors (Lipinski definition) is 1. The molecule has 1 heterocycles. The standard InChI is InChI=1S/C16H22F3N3O3/c1-3-7-20-13(23)10-21(8-4-2)15(25)11-22-9-12(16(17,18)19)5-6-14(22)24/h5-6,9H,3-4,7-8,10-11H2,1-2H3,(H,20,23). The van der Waals surface area contributed by atoms with Crippen molar-refractivity contribution in [3.8, 4) is 0 Å². The van der Waals surface area contributed by atoms with Gasteiger partial charge in [-0.05, 0) is 18.9 Å². The van der Waals surface area contributed by atoms with Crippen molar-refractivity contribution < 1.29 is 22.8 Å². The number of nitrogens with one attached hydrogen (secondary N) is 1. The quantitative estimate of drug-likeness (QED) is 0.765. The van der Waals surface area contributed by atoms with Crippen molar-refractivity contribution in [2.45, 2.75) is 39.4 Å². The van der Waals surface area contributed by atoms with Crippen LogP contribution in [0, 0.1) is 0 Å². The molecular formula is C16H22F3N3O3. The van der Waals surface area contributed by atoms with Gasteiger partial charge in [-0.1, -0.05) is 13.8 Å². The average molecular weight is 361 g/mol. The summed E-state index contributed by atoms with van der Waals surface area (Å²) in [7, 11) is 0. The van der Waals surface area contributed by atoms with Crippen molar-refractivity contribution in [1.82, 2.24) is 14.8 Å². The van der Waals surface area contributed by atoms with E-state index in [9.17, 15) is 27.6 Å². The molecule has 0 bridgehead atoms. The molecule has 1 aromatic heterocycles. The van der Waals surface area contributed by atoms with Gasteiger partial charge in [-0.2, -0.15) is 13.2 Å². The Morgan fingerprint density at radius 1 is 1.20 bits per heavy atom. The molecule has 0 aliphatic carbocycles. The molecule has 1 N–H and O–H groups in total. The summed E-state index contributed by atoms with van der Waals surface area (Å²) >= 11 is 0. The van der Waals surface area contributed by atoms with Crippen LogP contribution in [-0.4, -0.2) is 40.9 Å². The highest BCUT2D eigenvalue weighted by Gasteiger charge is 2.31. The topological polar surface area (TPSA) is 71.4 Å². The molecule has 0 fully saturated rings. The number of alkyl halides is 3. The van der Waals surface area contributed by atoms with Crippen LogP contribution in [0.25, 0.3) is 0 Å². The second kappa shape index (κ2) is 9.24. The van der Waals surface area contributed by atoms with Gasteiger partial charge in [0.2, 0.25) is 11.8 Å². The van der Waals surface area contributed by atoms with Crippen LogP contribution in [0.2, 0.25) is 0 Å². The first kappa shape index (κ1) is 20.7. The van der Waals surface area contributed by atoms with Gasteiger partial charge >= 0.3 is 6.18 Å². The summed E-state index contributed by atoms with van der Waals surface area (Å²) in [6, 6.07) is 1.44. The first-order valence-corrected chi connectivity index (χ1v) is 8.01. The van der Waals surface area contributed by atoms with Gasteiger partial charge in [-0.25, -0.2) is 0 Å². The summed E-state index contributed by atoms with van der Waals surface area (Å²) in [6.07, 6.45) is -2.68. The molecule has 0 saturated heterocycles. The number of nitrogens with zero attached hydrogens (tertiary/aromatic N) is 2. The van der Waals surface area contributed by atoms with E-state index in [-0.39, 0.29) is 19.0 Å². The summed E-state index contributed by atoms with van der Waals surface area (Å²) < 4.78 is 38.9. The lowest BCUT2D eigenvalue weighted by Gasteiger charge is -2.22. The first-order valence-electron chi connectivity index (χ1n) is 8.01. The summed E-state index contributed by atoms with van der Waals surface area (Å²) in [5.74, 6) is -0.935. The molecule has 0 atom stereocenters. The number of hydrogen-bond acceptors (Lipinski definition) is 3. The van der Waals surface area contributed by atoms with E-state index in [1.54, 1.807) is 6.92 Å². The third kappa shape index (κ3) is 6.60. The Morgan fingerprint density at radius 2 is 1.88 bits per heavy atom. The Balaban J connectivity index is 2.89. The SMILES string of the molecule is CCCNC(=O)CN(CCC)C(=O)Cn1cc(C(F)(F)F)ccc1=O. The van der Waals surface area contributed by atoms with E-state index in [2.05, 4.69) is 5.32 Å². The van der Waals surface area contributed by atoms with Crippen LogP contribution in [0.5, 0.6) is 0 Å². The van der Waals surface area contributed by atoms with Crippen LogP contribution >= 0.6 is 0 Å². The molecule has 0 aliphatic rings. The predicted molar refractivity (Wildman–Crippen MR) is 85.9 cm³/mol. The van der Waals surface area contributed by atoms with Gasteiger partial charge in [0.25, 0.3) is 5.56 Å². The Labute approximate surface area is 143 Å². The van der Waals surface area contributed by atoms with E-state index in [0.717, 1.165) is 12.5 Å². The number of carbonyl (C=O) groups is 2. The minimum Gasteiger partial charge on any atom is -0.355 e. The van der Waals surface area contributed by atoms with Gasteiger partial charge < -0.3 is 14.8 Å². The molecule has 0 spiro atoms. The van der Waals surface area contributed by atoms with Gasteiger partial charge in [0.05, 0.1) is 12.1 Å². The highest BCUT2D eigenvalue weighted by molar-refractivity contribution is 5.84.